The summed E-state index contributed by atoms with van der Waals surface area (Å²) in [6.07, 6.45) is 0.659. The Morgan fingerprint density at radius 3 is 2.70 bits per heavy atom. The van der Waals surface area contributed by atoms with Crippen molar-refractivity contribution in [2.24, 2.45) is 0 Å². The fourth-order valence-electron chi connectivity index (χ4n) is 2.39. The fourth-order valence-corrected chi connectivity index (χ4v) is 4.71. The van der Waals surface area contributed by atoms with Gasteiger partial charge in [0.25, 0.3) is 0 Å². The van der Waals surface area contributed by atoms with E-state index in [0.29, 0.717) is 6.42 Å². The topological polar surface area (TPSA) is 74.7 Å². The lowest BCUT2D eigenvalue weighted by molar-refractivity contribution is -0.140. The number of carbonyl (C=O) groups is 1. The van der Waals surface area contributed by atoms with E-state index in [4.69, 9.17) is 16.7 Å². The molecule has 2 rings (SSSR count). The molecule has 5 nitrogen and oxygen atoms in total. The maximum Gasteiger partial charge on any atom is 0.322 e. The van der Waals surface area contributed by atoms with Gasteiger partial charge in [-0.15, -0.1) is 0 Å². The van der Waals surface area contributed by atoms with Crippen molar-refractivity contribution in [3.05, 3.63) is 29.0 Å². The molecule has 1 N–H and O–H groups in total. The Labute approximate surface area is 121 Å². The zero-order valence-corrected chi connectivity index (χ0v) is 12.2. The smallest absolute Gasteiger partial charge is 0.322 e. The van der Waals surface area contributed by atoms with Gasteiger partial charge in [0.1, 0.15) is 16.8 Å². The third kappa shape index (κ3) is 2.53. The van der Waals surface area contributed by atoms with Crippen molar-refractivity contribution in [1.29, 1.82) is 0 Å². The van der Waals surface area contributed by atoms with Crippen LogP contribution in [-0.4, -0.2) is 35.9 Å². The van der Waals surface area contributed by atoms with Crippen LogP contribution >= 0.6 is 11.6 Å². The average molecular weight is 322 g/mol. The van der Waals surface area contributed by atoms with Crippen LogP contribution in [0.1, 0.15) is 19.8 Å². The maximum absolute atomic E-state index is 13.3. The number of nitrogens with zero attached hydrogens (tertiary/aromatic N) is 1. The number of rotatable bonds is 3. The van der Waals surface area contributed by atoms with E-state index in [9.17, 15) is 17.6 Å². The Hall–Kier alpha value is -1.18. The minimum Gasteiger partial charge on any atom is -0.480 e. The molecular formula is C12H13ClFNO4S. The van der Waals surface area contributed by atoms with Crippen LogP contribution < -0.4 is 0 Å². The fraction of sp³-hybridized carbons (Fsp3) is 0.417. The van der Waals surface area contributed by atoms with Crippen LogP contribution in [0.15, 0.2) is 23.1 Å². The number of carboxylic acids is 1. The highest BCUT2D eigenvalue weighted by Crippen LogP contribution is 2.34. The lowest BCUT2D eigenvalue weighted by Crippen LogP contribution is -2.43. The summed E-state index contributed by atoms with van der Waals surface area (Å²) in [4.78, 5) is 10.8. The third-order valence-electron chi connectivity index (χ3n) is 3.33. The molecule has 8 heteroatoms. The molecule has 0 spiro atoms. The number of carboxylic acid groups (broad SMARTS) is 1. The molecule has 1 fully saturated rings. The van der Waals surface area contributed by atoms with Crippen molar-refractivity contribution in [1.82, 2.24) is 4.31 Å². The molecule has 1 heterocycles. The molecule has 0 saturated carbocycles. The van der Waals surface area contributed by atoms with Gasteiger partial charge in [-0.3, -0.25) is 4.79 Å². The minimum absolute atomic E-state index is 0.130. The number of benzene rings is 1. The average Bonchev–Trinajstić information content (AvgIpc) is 2.75. The first kappa shape index (κ1) is 15.2. The van der Waals surface area contributed by atoms with Gasteiger partial charge in [0.2, 0.25) is 10.0 Å². The van der Waals surface area contributed by atoms with Crippen molar-refractivity contribution < 1.29 is 22.7 Å². The van der Waals surface area contributed by atoms with Gasteiger partial charge in [-0.2, -0.15) is 4.31 Å². The van der Waals surface area contributed by atoms with Gasteiger partial charge < -0.3 is 5.11 Å². The summed E-state index contributed by atoms with van der Waals surface area (Å²) >= 11 is 5.81. The summed E-state index contributed by atoms with van der Waals surface area (Å²) in [6, 6.07) is 1.38. The SMILES string of the molecule is C[C@@H]1CC[C@H](C(=O)O)N1S(=O)(=O)c1cc(F)ccc1Cl. The van der Waals surface area contributed by atoms with E-state index in [-0.39, 0.29) is 11.4 Å². The van der Waals surface area contributed by atoms with Crippen molar-refractivity contribution in [3.8, 4) is 0 Å². The highest BCUT2D eigenvalue weighted by Gasteiger charge is 2.44. The minimum atomic E-state index is -4.15. The van der Waals surface area contributed by atoms with E-state index < -0.39 is 38.8 Å². The molecule has 1 aromatic rings. The van der Waals surface area contributed by atoms with Gasteiger partial charge in [0.05, 0.1) is 5.02 Å². The van der Waals surface area contributed by atoms with Gasteiger partial charge in [-0.05, 0) is 38.0 Å². The first-order chi connectivity index (χ1) is 9.25. The Morgan fingerprint density at radius 1 is 1.45 bits per heavy atom. The van der Waals surface area contributed by atoms with Crippen LogP contribution in [0.2, 0.25) is 5.02 Å². The second-order valence-electron chi connectivity index (χ2n) is 4.69. The molecule has 2 atom stereocenters. The molecular weight excluding hydrogens is 309 g/mol. The van der Waals surface area contributed by atoms with Crippen LogP contribution in [0.4, 0.5) is 4.39 Å². The Bertz CT molecular complexity index is 649. The first-order valence-corrected chi connectivity index (χ1v) is 7.78. The van der Waals surface area contributed by atoms with Crippen molar-refractivity contribution in [3.63, 3.8) is 0 Å². The molecule has 1 aliphatic heterocycles. The second-order valence-corrected chi connectivity index (χ2v) is 6.91. The number of sulfonamides is 1. The highest BCUT2D eigenvalue weighted by atomic mass is 35.5. The Morgan fingerprint density at radius 2 is 2.10 bits per heavy atom. The molecule has 1 aromatic carbocycles. The van der Waals surface area contributed by atoms with Crippen LogP contribution in [0.3, 0.4) is 0 Å². The number of hydrogen-bond donors (Lipinski definition) is 1. The van der Waals surface area contributed by atoms with Crippen LogP contribution in [-0.2, 0) is 14.8 Å². The van der Waals surface area contributed by atoms with E-state index in [2.05, 4.69) is 0 Å². The Balaban J connectivity index is 2.53. The highest BCUT2D eigenvalue weighted by molar-refractivity contribution is 7.89. The number of halogens is 2. The molecule has 20 heavy (non-hydrogen) atoms. The molecule has 110 valence electrons. The van der Waals surface area contributed by atoms with Crippen LogP contribution in [0.5, 0.6) is 0 Å². The number of aliphatic carboxylic acids is 1. The molecule has 1 aliphatic rings. The van der Waals surface area contributed by atoms with Gasteiger partial charge in [0, 0.05) is 6.04 Å². The third-order valence-corrected chi connectivity index (χ3v) is 5.84. The zero-order valence-electron chi connectivity index (χ0n) is 10.6. The monoisotopic (exact) mass is 321 g/mol. The van der Waals surface area contributed by atoms with E-state index >= 15 is 0 Å². The molecule has 0 unspecified atom stereocenters. The van der Waals surface area contributed by atoms with Gasteiger partial charge in [-0.1, -0.05) is 11.6 Å². The molecule has 1 saturated heterocycles. The lowest BCUT2D eigenvalue weighted by atomic mass is 10.2. The van der Waals surface area contributed by atoms with E-state index in [1.807, 2.05) is 0 Å². The number of hydrogen-bond acceptors (Lipinski definition) is 3. The molecule has 0 radical (unpaired) electrons. The van der Waals surface area contributed by atoms with Gasteiger partial charge in [-0.25, -0.2) is 12.8 Å². The van der Waals surface area contributed by atoms with Gasteiger partial charge in [0.15, 0.2) is 0 Å². The maximum atomic E-state index is 13.3. The van der Waals surface area contributed by atoms with Crippen molar-refractivity contribution in [2.45, 2.75) is 36.7 Å². The summed E-state index contributed by atoms with van der Waals surface area (Å²) in [5.74, 6) is -1.96. The van der Waals surface area contributed by atoms with E-state index in [0.717, 1.165) is 22.5 Å². The summed E-state index contributed by atoms with van der Waals surface area (Å²) < 4.78 is 39.2. The Kier molecular flexibility index (Phi) is 4.04. The van der Waals surface area contributed by atoms with E-state index in [1.54, 1.807) is 6.92 Å². The normalized spacial score (nSPS) is 23.9. The molecule has 0 amide bonds. The summed E-state index contributed by atoms with van der Waals surface area (Å²) in [5, 5.41) is 8.99. The zero-order chi connectivity index (χ0) is 15.1. The van der Waals surface area contributed by atoms with E-state index in [1.165, 1.54) is 0 Å². The van der Waals surface area contributed by atoms with Crippen LogP contribution in [0, 0.1) is 5.82 Å². The molecule has 0 aliphatic carbocycles. The summed E-state index contributed by atoms with van der Waals surface area (Å²) in [7, 11) is -4.15. The van der Waals surface area contributed by atoms with Crippen LogP contribution in [0.25, 0.3) is 0 Å². The standard InChI is InChI=1S/C12H13ClFNO4S/c1-7-2-5-10(12(16)17)15(7)20(18,19)11-6-8(14)3-4-9(11)13/h3-4,6-7,10H,2,5H2,1H3,(H,16,17)/t7-,10-/m1/s1. The molecule has 0 aromatic heterocycles. The predicted molar refractivity (Wildman–Crippen MR) is 70.6 cm³/mol. The first-order valence-electron chi connectivity index (χ1n) is 5.96. The predicted octanol–water partition coefficient (Wildman–Crippen LogP) is 2.11. The summed E-state index contributed by atoms with van der Waals surface area (Å²) in [5.41, 5.74) is 0. The largest absolute Gasteiger partial charge is 0.480 e. The van der Waals surface area contributed by atoms with Crippen molar-refractivity contribution >= 4 is 27.6 Å². The lowest BCUT2D eigenvalue weighted by Gasteiger charge is -2.25. The van der Waals surface area contributed by atoms with Crippen molar-refractivity contribution in [2.75, 3.05) is 0 Å². The van der Waals surface area contributed by atoms with Gasteiger partial charge >= 0.3 is 5.97 Å². The quantitative estimate of drug-likeness (QED) is 0.925. The summed E-state index contributed by atoms with van der Waals surface area (Å²) in [6.45, 7) is 1.62. The molecule has 0 bridgehead atoms. The second kappa shape index (κ2) is 5.31.